The fraction of sp³-hybridized carbons (Fsp3) is 0.556. The first kappa shape index (κ1) is 7.92. The summed E-state index contributed by atoms with van der Waals surface area (Å²) in [6.45, 7) is 0. The first-order valence-electron chi connectivity index (χ1n) is 4.26. The molecule has 1 heterocycles. The third-order valence-corrected chi connectivity index (χ3v) is 3.16. The molecule has 2 nitrogen and oxygen atoms in total. The number of rotatable bonds is 2. The lowest BCUT2D eigenvalue weighted by Crippen LogP contribution is -2.08. The van der Waals surface area contributed by atoms with E-state index in [1.807, 2.05) is 11.7 Å². The van der Waals surface area contributed by atoms with E-state index in [1.165, 1.54) is 4.88 Å². The van der Waals surface area contributed by atoms with E-state index < -0.39 is 0 Å². The Morgan fingerprint density at radius 2 is 2.58 bits per heavy atom. The number of hydrogen-bond acceptors (Lipinski definition) is 3. The van der Waals surface area contributed by atoms with Crippen molar-refractivity contribution in [1.82, 2.24) is 4.98 Å². The van der Waals surface area contributed by atoms with Gasteiger partial charge in [-0.15, -0.1) is 11.3 Å². The zero-order chi connectivity index (χ0) is 8.39. The van der Waals surface area contributed by atoms with Crippen LogP contribution in [0.15, 0.2) is 11.7 Å². The minimum atomic E-state index is 0.297. The molecular formula is C9H11NOS. The Morgan fingerprint density at radius 3 is 3.17 bits per heavy atom. The fourth-order valence-corrected chi connectivity index (χ4v) is 2.37. The van der Waals surface area contributed by atoms with Gasteiger partial charge in [0.15, 0.2) is 0 Å². The third-order valence-electron chi connectivity index (χ3n) is 2.36. The number of Topliss-reactive ketones (excluding diaryl/α,β-unsaturated/α-hetero) is 1. The molecular weight excluding hydrogens is 170 g/mol. The zero-order valence-electron chi connectivity index (χ0n) is 6.82. The molecule has 1 aromatic heterocycles. The second-order valence-electron chi connectivity index (χ2n) is 3.23. The topological polar surface area (TPSA) is 30.0 Å². The highest BCUT2D eigenvalue weighted by Gasteiger charge is 2.24. The number of carbonyl (C=O) groups is 1. The molecule has 1 aliphatic carbocycles. The van der Waals surface area contributed by atoms with Crippen LogP contribution in [-0.4, -0.2) is 10.8 Å². The van der Waals surface area contributed by atoms with Gasteiger partial charge in [0, 0.05) is 23.4 Å². The van der Waals surface area contributed by atoms with Crippen LogP contribution in [0.3, 0.4) is 0 Å². The SMILES string of the molecule is O=C1CCCC1Cc1cncs1. The summed E-state index contributed by atoms with van der Waals surface area (Å²) in [6, 6.07) is 0. The second-order valence-corrected chi connectivity index (χ2v) is 4.20. The molecule has 1 aliphatic rings. The van der Waals surface area contributed by atoms with Gasteiger partial charge in [0.05, 0.1) is 5.51 Å². The molecule has 1 fully saturated rings. The Labute approximate surface area is 75.6 Å². The molecule has 1 unspecified atom stereocenters. The standard InChI is InChI=1S/C9H11NOS/c11-9-3-1-2-7(9)4-8-5-10-6-12-8/h5-7H,1-4H2. The molecule has 0 saturated heterocycles. The van der Waals surface area contributed by atoms with E-state index >= 15 is 0 Å². The van der Waals surface area contributed by atoms with E-state index in [-0.39, 0.29) is 0 Å². The molecule has 2 rings (SSSR count). The van der Waals surface area contributed by atoms with E-state index in [4.69, 9.17) is 0 Å². The molecule has 0 aliphatic heterocycles. The maximum atomic E-state index is 11.3. The lowest BCUT2D eigenvalue weighted by atomic mass is 10.0. The summed E-state index contributed by atoms with van der Waals surface area (Å²) >= 11 is 1.65. The summed E-state index contributed by atoms with van der Waals surface area (Å²) in [5.41, 5.74) is 1.83. The van der Waals surface area contributed by atoms with Crippen LogP contribution in [0.25, 0.3) is 0 Å². The molecule has 64 valence electrons. The minimum Gasteiger partial charge on any atom is -0.299 e. The fourth-order valence-electron chi connectivity index (χ4n) is 1.69. The van der Waals surface area contributed by atoms with E-state index in [9.17, 15) is 4.79 Å². The molecule has 0 amide bonds. The molecule has 1 atom stereocenters. The first-order chi connectivity index (χ1) is 5.86. The summed E-state index contributed by atoms with van der Waals surface area (Å²) in [6.07, 6.45) is 5.75. The van der Waals surface area contributed by atoms with Gasteiger partial charge in [-0.1, -0.05) is 0 Å². The van der Waals surface area contributed by atoms with Gasteiger partial charge in [-0.25, -0.2) is 0 Å². The van der Waals surface area contributed by atoms with Crippen LogP contribution in [0, 0.1) is 5.92 Å². The van der Waals surface area contributed by atoms with Gasteiger partial charge in [-0.3, -0.25) is 9.78 Å². The van der Waals surface area contributed by atoms with Gasteiger partial charge in [-0.05, 0) is 19.3 Å². The predicted octanol–water partition coefficient (Wildman–Crippen LogP) is 2.05. The highest BCUT2D eigenvalue weighted by Crippen LogP contribution is 2.25. The monoisotopic (exact) mass is 181 g/mol. The number of ketones is 1. The minimum absolute atomic E-state index is 0.297. The van der Waals surface area contributed by atoms with Crippen molar-refractivity contribution < 1.29 is 4.79 Å². The molecule has 3 heteroatoms. The van der Waals surface area contributed by atoms with Crippen molar-refractivity contribution in [2.45, 2.75) is 25.7 Å². The van der Waals surface area contributed by atoms with Gasteiger partial charge in [0.1, 0.15) is 5.78 Å². The Bertz CT molecular complexity index is 268. The highest BCUT2D eigenvalue weighted by molar-refractivity contribution is 7.09. The lowest BCUT2D eigenvalue weighted by molar-refractivity contribution is -0.120. The largest absolute Gasteiger partial charge is 0.299 e. The van der Waals surface area contributed by atoms with Gasteiger partial charge in [0.25, 0.3) is 0 Å². The zero-order valence-corrected chi connectivity index (χ0v) is 7.64. The molecule has 0 aromatic carbocycles. The van der Waals surface area contributed by atoms with E-state index in [2.05, 4.69) is 4.98 Å². The van der Waals surface area contributed by atoms with Crippen molar-refractivity contribution in [2.75, 3.05) is 0 Å². The van der Waals surface area contributed by atoms with Gasteiger partial charge >= 0.3 is 0 Å². The van der Waals surface area contributed by atoms with E-state index in [1.54, 1.807) is 11.3 Å². The Hall–Kier alpha value is -0.700. The van der Waals surface area contributed by atoms with Gasteiger partial charge < -0.3 is 0 Å². The number of hydrogen-bond donors (Lipinski definition) is 0. The first-order valence-corrected chi connectivity index (χ1v) is 5.14. The van der Waals surface area contributed by atoms with Crippen molar-refractivity contribution >= 4 is 17.1 Å². The number of thiazole rings is 1. The van der Waals surface area contributed by atoms with Crippen molar-refractivity contribution in [3.63, 3.8) is 0 Å². The van der Waals surface area contributed by atoms with Crippen LogP contribution in [0.2, 0.25) is 0 Å². The molecule has 0 spiro atoms. The van der Waals surface area contributed by atoms with Crippen LogP contribution >= 0.6 is 11.3 Å². The van der Waals surface area contributed by atoms with Crippen molar-refractivity contribution in [2.24, 2.45) is 5.92 Å². The van der Waals surface area contributed by atoms with E-state index in [0.717, 1.165) is 25.7 Å². The van der Waals surface area contributed by atoms with Crippen molar-refractivity contribution in [1.29, 1.82) is 0 Å². The second kappa shape index (κ2) is 3.35. The third kappa shape index (κ3) is 1.55. The average Bonchev–Trinajstić information content (AvgIpc) is 2.65. The molecule has 0 bridgehead atoms. The van der Waals surface area contributed by atoms with Gasteiger partial charge in [-0.2, -0.15) is 0 Å². The summed E-state index contributed by atoms with van der Waals surface area (Å²) in [5.74, 6) is 0.744. The molecule has 1 aromatic rings. The van der Waals surface area contributed by atoms with Crippen LogP contribution in [0.1, 0.15) is 24.1 Å². The van der Waals surface area contributed by atoms with Crippen LogP contribution in [0.5, 0.6) is 0 Å². The normalized spacial score (nSPS) is 23.3. The number of carbonyl (C=O) groups excluding carboxylic acids is 1. The van der Waals surface area contributed by atoms with Crippen LogP contribution < -0.4 is 0 Å². The Balaban J connectivity index is 1.99. The molecule has 1 saturated carbocycles. The average molecular weight is 181 g/mol. The molecule has 0 N–H and O–H groups in total. The maximum absolute atomic E-state index is 11.3. The van der Waals surface area contributed by atoms with Crippen LogP contribution in [0.4, 0.5) is 0 Å². The molecule has 0 radical (unpaired) electrons. The Kier molecular flexibility index (Phi) is 2.21. The quantitative estimate of drug-likeness (QED) is 0.699. The smallest absolute Gasteiger partial charge is 0.136 e. The summed E-state index contributed by atoms with van der Waals surface area (Å²) < 4.78 is 0. The van der Waals surface area contributed by atoms with Gasteiger partial charge in [0.2, 0.25) is 0 Å². The number of nitrogens with zero attached hydrogens (tertiary/aromatic N) is 1. The summed E-state index contributed by atoms with van der Waals surface area (Å²) in [5, 5.41) is 0. The van der Waals surface area contributed by atoms with E-state index in [0.29, 0.717) is 11.7 Å². The van der Waals surface area contributed by atoms with Crippen molar-refractivity contribution in [3.05, 3.63) is 16.6 Å². The maximum Gasteiger partial charge on any atom is 0.136 e. The van der Waals surface area contributed by atoms with Crippen molar-refractivity contribution in [3.8, 4) is 0 Å². The summed E-state index contributed by atoms with van der Waals surface area (Å²) in [7, 11) is 0. The van der Waals surface area contributed by atoms with Crippen LogP contribution in [-0.2, 0) is 11.2 Å². The lowest BCUT2D eigenvalue weighted by Gasteiger charge is -2.03. The summed E-state index contributed by atoms with van der Waals surface area (Å²) in [4.78, 5) is 16.5. The highest BCUT2D eigenvalue weighted by atomic mass is 32.1. The molecule has 12 heavy (non-hydrogen) atoms. The predicted molar refractivity (Wildman–Crippen MR) is 48.2 cm³/mol. The Morgan fingerprint density at radius 1 is 1.67 bits per heavy atom. The number of aromatic nitrogens is 1.